The van der Waals surface area contributed by atoms with E-state index in [9.17, 15) is 0 Å². The zero-order chi connectivity index (χ0) is 92.6. The van der Waals surface area contributed by atoms with Crippen LogP contribution in [0.15, 0.2) is 309 Å². The van der Waals surface area contributed by atoms with Crippen molar-refractivity contribution in [1.82, 2.24) is 0 Å². The second kappa shape index (κ2) is 34.3. The highest BCUT2D eigenvalue weighted by Crippen LogP contribution is 2.78. The molecule has 0 aromatic heterocycles. The van der Waals surface area contributed by atoms with Crippen molar-refractivity contribution < 1.29 is 39.5 Å². The molecule has 3 spiro atoms. The van der Waals surface area contributed by atoms with Crippen LogP contribution in [-0.2, 0) is 16.2 Å². The number of benzene rings is 16. The Bertz CT molecular complexity index is 6490. The molecule has 0 fully saturated rings. The van der Waals surface area contributed by atoms with Crippen LogP contribution in [0.4, 0.5) is 90.7 Å². The minimum absolute atomic E-state index is 0.115. The highest BCUT2D eigenvalue weighted by atomic mass is 19.2. The fourth-order valence-electron chi connectivity index (χ4n) is 24.9. The van der Waals surface area contributed by atoms with Crippen LogP contribution in [0, 0.1) is 52.4 Å². The van der Waals surface area contributed by atoms with Crippen LogP contribution in [-0.4, -0.2) is 0 Å². The molecule has 3 atom stereocenters. The van der Waals surface area contributed by atoms with Gasteiger partial charge in [-0.05, 0) is 281 Å². The van der Waals surface area contributed by atoms with Crippen molar-refractivity contribution in [3.8, 4) is 66.8 Å². The Morgan fingerprint density at radius 2 is 0.437 bits per heavy atom. The van der Waals surface area contributed by atoms with Gasteiger partial charge in [-0.15, -0.1) is 0 Å². The zero-order valence-corrected chi connectivity index (χ0v) is 76.5. The predicted molar refractivity (Wildman–Crippen MR) is 531 cm³/mol. The van der Waals surface area contributed by atoms with E-state index in [0.717, 1.165) is 198 Å². The van der Waals surface area contributed by atoms with Crippen LogP contribution >= 0.6 is 0 Å². The van der Waals surface area contributed by atoms with Gasteiger partial charge in [0.05, 0.1) is 67.1 Å². The maximum Gasteiger partial charge on any atom is 0.136 e. The average molecular weight is 1790 g/mol. The van der Waals surface area contributed by atoms with Crippen molar-refractivity contribution in [2.75, 3.05) is 14.7 Å². The van der Waals surface area contributed by atoms with Crippen LogP contribution in [0.5, 0.6) is 0 Å². The first-order valence-electron chi connectivity index (χ1n) is 48.4. The zero-order valence-electron chi connectivity index (χ0n) is 76.5. The number of halogens is 9. The number of unbranched alkanes of at least 4 members (excludes halogenated alkanes) is 6. The standard InChI is InChI=1S/C123H102F9N3/c1-7-13-16-31-73(10-4)76-46-55-85(56-47-76)133-106-40-25-19-34-91(106)121(92-35-20-26-41-107(92)133)97-64-79(112-100(127)67-82(124)68-101(112)128)52-61-88(97)115-118(121)116-89-62-53-80(113-102(129)69-83(125)70-103(113)130)65-98(89)122(93-36-21-27-42-108(93)134(109-43-28-22-37-94(109)122)86-57-48-77(49-58-86)74(11-5)32-17-14-8-2)120(116)117-90-63-54-81(114-104(131)71-84(126)72-105(114)132)66-99(90)123(119(115)117)95-38-23-29-44-110(95)135(111-45-30-24-39-96(111)123)87-59-50-78(51-60-87)75(12-6)33-18-15-9-3/h19-30,34-75H,7-18,31-33H2,1-6H3. The van der Waals surface area contributed by atoms with Crippen molar-refractivity contribution in [1.29, 1.82) is 0 Å². The summed E-state index contributed by atoms with van der Waals surface area (Å²) in [7, 11) is 0. The molecular weight excluding hydrogens is 1690 g/mol. The Morgan fingerprint density at radius 1 is 0.222 bits per heavy atom. The molecule has 0 saturated carbocycles. The monoisotopic (exact) mass is 1790 g/mol. The van der Waals surface area contributed by atoms with E-state index < -0.39 is 85.3 Å². The van der Waals surface area contributed by atoms with Crippen molar-refractivity contribution >= 4 is 51.2 Å². The lowest BCUT2D eigenvalue weighted by atomic mass is 9.58. The van der Waals surface area contributed by atoms with E-state index in [2.05, 4.69) is 202 Å². The molecular formula is C123H102F9N3. The first-order valence-corrected chi connectivity index (χ1v) is 48.4. The maximum atomic E-state index is 17.7. The highest BCUT2D eigenvalue weighted by Gasteiger charge is 2.65. The quantitative estimate of drug-likeness (QED) is 0.0441. The molecule has 135 heavy (non-hydrogen) atoms. The summed E-state index contributed by atoms with van der Waals surface area (Å²) in [5.74, 6) is -9.06. The Hall–Kier alpha value is -13.7. The summed E-state index contributed by atoms with van der Waals surface area (Å²) < 4.78 is 154. The minimum Gasteiger partial charge on any atom is -0.310 e. The lowest BCUT2D eigenvalue weighted by molar-refractivity contribution is 0.547. The van der Waals surface area contributed by atoms with Gasteiger partial charge in [0.1, 0.15) is 52.4 Å². The van der Waals surface area contributed by atoms with Gasteiger partial charge in [-0.1, -0.05) is 281 Å². The molecule has 6 aliphatic rings. The van der Waals surface area contributed by atoms with Crippen molar-refractivity contribution in [2.45, 2.75) is 172 Å². The molecule has 16 aromatic carbocycles. The topological polar surface area (TPSA) is 9.72 Å². The highest BCUT2D eigenvalue weighted by molar-refractivity contribution is 6.14. The number of hydrogen-bond acceptors (Lipinski definition) is 3. The van der Waals surface area contributed by atoms with Crippen LogP contribution in [0.2, 0.25) is 0 Å². The third kappa shape index (κ3) is 13.1. The first-order chi connectivity index (χ1) is 65.9. The normalized spacial score (nSPS) is 14.8. The van der Waals surface area contributed by atoms with Crippen molar-refractivity contribution in [3.05, 3.63) is 445 Å². The summed E-state index contributed by atoms with van der Waals surface area (Å²) in [6, 6.07) is 98.2. The summed E-state index contributed by atoms with van der Waals surface area (Å²) in [6.45, 7) is 13.4. The summed E-state index contributed by atoms with van der Waals surface area (Å²) in [6.07, 6.45) is 16.0. The molecule has 3 aliphatic carbocycles. The third-order valence-electron chi connectivity index (χ3n) is 30.7. The lowest BCUT2D eigenvalue weighted by Gasteiger charge is -2.48. The number of para-hydroxylation sites is 6. The number of anilines is 9. The molecule has 0 amide bonds. The van der Waals surface area contributed by atoms with Gasteiger partial charge < -0.3 is 14.7 Å². The maximum absolute atomic E-state index is 17.7. The van der Waals surface area contributed by atoms with E-state index >= 15 is 39.5 Å². The molecule has 3 aliphatic heterocycles. The van der Waals surface area contributed by atoms with Crippen LogP contribution in [0.3, 0.4) is 0 Å². The molecule has 12 heteroatoms. The number of fused-ring (bicyclic) bond motifs is 30. The van der Waals surface area contributed by atoms with Gasteiger partial charge in [-0.3, -0.25) is 0 Å². The van der Waals surface area contributed by atoms with Crippen LogP contribution < -0.4 is 14.7 Å². The summed E-state index contributed by atoms with van der Waals surface area (Å²) in [4.78, 5) is 6.96. The first kappa shape index (κ1) is 86.7. The molecule has 22 rings (SSSR count). The van der Waals surface area contributed by atoms with E-state index in [1.807, 2.05) is 109 Å². The number of rotatable bonds is 24. The Balaban J connectivity index is 0.953. The summed E-state index contributed by atoms with van der Waals surface area (Å²) in [5.41, 5.74) is 17.7. The van der Waals surface area contributed by atoms with Gasteiger partial charge in [0.15, 0.2) is 0 Å². The molecule has 16 aromatic rings. The SMILES string of the molecule is CCCCCC(CC)c1ccc(N2c3ccccc3C3(c4cc(-c5c(F)cc(F)cc5F)ccc4-c4c3c3c(c5c4C4(c6cc(-c7c(F)cc(F)cc7F)ccc6-5)c5ccccc5N(c5ccc(C(CC)CCCCC)cc5)c5ccccc54)C4(c5cc(-c6c(F)cc(F)cc6F)ccc5-3)c3ccccc3N(c3ccc(C(CC)CCCCC)cc3)c3ccccc34)c3ccccc32)cc1. The van der Waals surface area contributed by atoms with E-state index in [1.54, 1.807) is 18.2 Å². The molecule has 0 radical (unpaired) electrons. The molecule has 0 bridgehead atoms. The average Bonchev–Trinajstić information content (AvgIpc) is 1.45. The summed E-state index contributed by atoms with van der Waals surface area (Å²) >= 11 is 0. The predicted octanol–water partition coefficient (Wildman–Crippen LogP) is 35.6. The van der Waals surface area contributed by atoms with Crippen molar-refractivity contribution in [3.63, 3.8) is 0 Å². The second-order valence-corrected chi connectivity index (χ2v) is 37.7. The molecule has 3 unspecified atom stereocenters. The Morgan fingerprint density at radius 3 is 0.644 bits per heavy atom. The molecule has 3 nitrogen and oxygen atoms in total. The lowest BCUT2D eigenvalue weighted by Crippen LogP contribution is -2.39. The van der Waals surface area contributed by atoms with Gasteiger partial charge in [0.2, 0.25) is 0 Å². The van der Waals surface area contributed by atoms with Gasteiger partial charge in [-0.2, -0.15) is 0 Å². The number of hydrogen-bond donors (Lipinski definition) is 0. The Labute approximate surface area is 784 Å². The largest absolute Gasteiger partial charge is 0.310 e. The Kier molecular flexibility index (Phi) is 22.0. The summed E-state index contributed by atoms with van der Waals surface area (Å²) in [5, 5.41) is 0. The third-order valence-corrected chi connectivity index (χ3v) is 30.7. The molecule has 0 N–H and O–H groups in total. The smallest absolute Gasteiger partial charge is 0.136 e. The van der Waals surface area contributed by atoms with Crippen LogP contribution in [0.25, 0.3) is 66.8 Å². The molecule has 3 heterocycles. The van der Waals surface area contributed by atoms with Gasteiger partial charge in [-0.25, -0.2) is 39.5 Å². The van der Waals surface area contributed by atoms with Crippen molar-refractivity contribution in [2.24, 2.45) is 0 Å². The second-order valence-electron chi connectivity index (χ2n) is 37.7. The van der Waals surface area contributed by atoms with Gasteiger partial charge in [0, 0.05) is 53.5 Å². The number of nitrogens with zero attached hydrogens (tertiary/aromatic N) is 3. The van der Waals surface area contributed by atoms with E-state index in [0.29, 0.717) is 104 Å². The van der Waals surface area contributed by atoms with E-state index in [4.69, 9.17) is 0 Å². The van der Waals surface area contributed by atoms with E-state index in [1.165, 1.54) is 16.7 Å². The molecule has 672 valence electrons. The van der Waals surface area contributed by atoms with E-state index in [-0.39, 0.29) is 16.7 Å². The fourth-order valence-corrected chi connectivity index (χ4v) is 24.9. The minimum atomic E-state index is -1.65. The van der Waals surface area contributed by atoms with Crippen LogP contribution in [0.1, 0.15) is 239 Å². The molecule has 0 saturated heterocycles. The van der Waals surface area contributed by atoms with Gasteiger partial charge >= 0.3 is 0 Å². The fraction of sp³-hybridized carbons (Fsp3) is 0.220. The van der Waals surface area contributed by atoms with Gasteiger partial charge in [0.25, 0.3) is 0 Å².